The van der Waals surface area contributed by atoms with E-state index in [2.05, 4.69) is 4.98 Å². The molecule has 2 aliphatic rings. The molecule has 2 heterocycles. The van der Waals surface area contributed by atoms with Gasteiger partial charge >= 0.3 is 6.18 Å². The van der Waals surface area contributed by atoms with E-state index >= 15 is 0 Å². The Morgan fingerprint density at radius 3 is 2.47 bits per heavy atom. The average molecular weight is 605 g/mol. The van der Waals surface area contributed by atoms with E-state index < -0.39 is 53.6 Å². The smallest absolute Gasteiger partial charge is 0.422 e. The number of alkyl halides is 3. The second kappa shape index (κ2) is 11.4. The van der Waals surface area contributed by atoms with E-state index in [4.69, 9.17) is 19.9 Å². The van der Waals surface area contributed by atoms with E-state index in [1.54, 1.807) is 0 Å². The van der Waals surface area contributed by atoms with Crippen molar-refractivity contribution in [1.82, 2.24) is 4.98 Å². The molecule has 1 fully saturated rings. The van der Waals surface area contributed by atoms with Crippen LogP contribution in [0.3, 0.4) is 0 Å². The third kappa shape index (κ3) is 5.91. The molecule has 1 aromatic heterocycles. The van der Waals surface area contributed by atoms with Crippen LogP contribution < -0.4 is 19.9 Å². The number of ether oxygens (including phenoxy) is 3. The minimum Gasteiger partial charge on any atom is -0.493 e. The van der Waals surface area contributed by atoms with E-state index in [0.29, 0.717) is 0 Å². The number of Topliss-reactive ketones (excluding diaryl/α,β-unsaturated/α-hetero) is 1. The van der Waals surface area contributed by atoms with Crippen LogP contribution in [0.15, 0.2) is 48.5 Å². The topological polar surface area (TPSA) is 124 Å². The summed E-state index contributed by atoms with van der Waals surface area (Å²) >= 11 is 0. The van der Waals surface area contributed by atoms with E-state index in [0.717, 1.165) is 31.0 Å². The first-order valence-electron chi connectivity index (χ1n) is 13.8. The van der Waals surface area contributed by atoms with Crippen LogP contribution in [0.4, 0.5) is 17.6 Å². The molecule has 3 aromatic rings. The van der Waals surface area contributed by atoms with Crippen LogP contribution in [0, 0.1) is 11.7 Å². The van der Waals surface area contributed by atoms with Gasteiger partial charge in [0.05, 0.1) is 24.4 Å². The van der Waals surface area contributed by atoms with Crippen LogP contribution in [0.1, 0.15) is 54.2 Å². The quantitative estimate of drug-likeness (QED) is 0.206. The zero-order chi connectivity index (χ0) is 31.2. The Morgan fingerprint density at radius 1 is 1.16 bits per heavy atom. The average Bonchev–Trinajstić information content (AvgIpc) is 3.78. The van der Waals surface area contributed by atoms with Gasteiger partial charge < -0.3 is 30.2 Å². The Balaban J connectivity index is 1.50. The number of aromatic nitrogens is 1. The summed E-state index contributed by atoms with van der Waals surface area (Å²) in [6.45, 7) is 1.51. The predicted octanol–water partition coefficient (Wildman–Crippen LogP) is 5.03. The highest BCUT2D eigenvalue weighted by Gasteiger charge is 2.58. The molecule has 1 unspecified atom stereocenters. The van der Waals surface area contributed by atoms with Crippen molar-refractivity contribution in [3.05, 3.63) is 71.2 Å². The fourth-order valence-electron chi connectivity index (χ4n) is 5.27. The monoisotopic (exact) mass is 604 g/mol. The molecule has 1 saturated carbocycles. The third-order valence-corrected chi connectivity index (χ3v) is 7.93. The molecule has 0 saturated heterocycles. The highest BCUT2D eigenvalue weighted by atomic mass is 19.4. The number of nitrogens with zero attached hydrogens (tertiary/aromatic N) is 1. The van der Waals surface area contributed by atoms with Gasteiger partial charge in [0.15, 0.2) is 23.0 Å². The highest BCUT2D eigenvalue weighted by Crippen LogP contribution is 2.54. The van der Waals surface area contributed by atoms with Gasteiger partial charge in [-0.2, -0.15) is 13.2 Å². The number of fused-ring (bicyclic) bond motifs is 1. The van der Waals surface area contributed by atoms with Crippen molar-refractivity contribution >= 4 is 5.78 Å². The zero-order valence-corrected chi connectivity index (χ0v) is 23.6. The van der Waals surface area contributed by atoms with E-state index in [1.807, 2.05) is 0 Å². The molecule has 12 heteroatoms. The van der Waals surface area contributed by atoms with Crippen molar-refractivity contribution in [3.63, 3.8) is 0 Å². The summed E-state index contributed by atoms with van der Waals surface area (Å²) < 4.78 is 74.3. The maximum Gasteiger partial charge on any atom is 0.422 e. The molecule has 4 N–H and O–H groups in total. The van der Waals surface area contributed by atoms with Crippen LogP contribution in [0.25, 0.3) is 11.3 Å². The van der Waals surface area contributed by atoms with Crippen LogP contribution in [0.5, 0.6) is 17.2 Å². The van der Waals surface area contributed by atoms with Crippen molar-refractivity contribution in [3.8, 4) is 28.5 Å². The standard InChI is InChI=1S/C31H32F4N2O6/c1-17(38)15-42-24-10-5-19(13-25(24)41-2)23(39)11-12-30(40,31(33,34)35)26-14-22-28(43-16-29(22,36)20-6-7-20)27(37-26)18-3-8-21(32)9-4-18/h3-5,8-10,13-14,17,20,38,40H,6-7,11-12,15-16,36H2,1-2H3/t17-,29+,30?/m1/s1. The predicted molar refractivity (Wildman–Crippen MR) is 147 cm³/mol. The van der Waals surface area contributed by atoms with Crippen molar-refractivity contribution in [1.29, 1.82) is 0 Å². The summed E-state index contributed by atoms with van der Waals surface area (Å²) in [6, 6.07) is 10.2. The summed E-state index contributed by atoms with van der Waals surface area (Å²) in [5, 5.41) is 20.8. The Bertz CT molecular complexity index is 1510. The summed E-state index contributed by atoms with van der Waals surface area (Å²) in [5.74, 6) is -0.666. The molecule has 43 heavy (non-hydrogen) atoms. The van der Waals surface area contributed by atoms with Crippen molar-refractivity contribution in [2.24, 2.45) is 11.7 Å². The number of nitrogens with two attached hydrogens (primary N) is 1. The number of rotatable bonds is 11. The first-order valence-corrected chi connectivity index (χ1v) is 13.8. The molecule has 3 atom stereocenters. The van der Waals surface area contributed by atoms with Gasteiger partial charge in [0, 0.05) is 23.1 Å². The molecular formula is C31H32F4N2O6. The summed E-state index contributed by atoms with van der Waals surface area (Å²) in [7, 11) is 1.34. The molecule has 0 bridgehead atoms. The SMILES string of the molecule is COc1cc(C(=O)CCC(O)(c2cc3c(c(-c4ccc(F)cc4)n2)OC[C@]3(N)C2CC2)C(F)(F)F)ccc1OC[C@@H](C)O. The van der Waals surface area contributed by atoms with Gasteiger partial charge in [-0.1, -0.05) is 0 Å². The normalized spacial score (nSPS) is 20.1. The van der Waals surface area contributed by atoms with Crippen molar-refractivity contribution in [2.75, 3.05) is 20.3 Å². The molecule has 230 valence electrons. The van der Waals surface area contributed by atoms with Gasteiger partial charge in [-0.15, -0.1) is 0 Å². The number of hydrogen-bond donors (Lipinski definition) is 3. The molecule has 1 aliphatic heterocycles. The number of carbonyl (C=O) groups is 1. The summed E-state index contributed by atoms with van der Waals surface area (Å²) in [6.07, 6.45) is -6.16. The van der Waals surface area contributed by atoms with E-state index in [9.17, 15) is 32.6 Å². The van der Waals surface area contributed by atoms with Crippen LogP contribution in [-0.2, 0) is 11.1 Å². The van der Waals surface area contributed by atoms with Crippen molar-refractivity contribution < 1.29 is 46.8 Å². The largest absolute Gasteiger partial charge is 0.493 e. The van der Waals surface area contributed by atoms with E-state index in [1.165, 1.54) is 44.4 Å². The summed E-state index contributed by atoms with van der Waals surface area (Å²) in [4.78, 5) is 17.3. The van der Waals surface area contributed by atoms with Crippen LogP contribution >= 0.6 is 0 Å². The number of hydrogen-bond acceptors (Lipinski definition) is 8. The van der Waals surface area contributed by atoms with Crippen molar-refractivity contribution in [2.45, 2.75) is 56.0 Å². The lowest BCUT2D eigenvalue weighted by molar-refractivity contribution is -0.270. The molecule has 5 rings (SSSR count). The first kappa shape index (κ1) is 30.7. The second-order valence-corrected chi connectivity index (χ2v) is 11.1. The maximum atomic E-state index is 14.7. The number of methoxy groups -OCH3 is 1. The second-order valence-electron chi connectivity index (χ2n) is 11.1. The number of halogens is 4. The minimum atomic E-state index is -5.22. The molecule has 8 nitrogen and oxygen atoms in total. The Morgan fingerprint density at radius 2 is 1.86 bits per heavy atom. The molecule has 0 radical (unpaired) electrons. The number of aliphatic hydroxyl groups excluding tert-OH is 1. The molecule has 0 amide bonds. The zero-order valence-electron chi connectivity index (χ0n) is 23.6. The lowest BCUT2D eigenvalue weighted by Crippen LogP contribution is -2.44. The molecule has 1 aliphatic carbocycles. The van der Waals surface area contributed by atoms with Gasteiger partial charge in [0.1, 0.15) is 24.7 Å². The summed E-state index contributed by atoms with van der Waals surface area (Å²) in [5.41, 5.74) is 1.94. The van der Waals surface area contributed by atoms with Crippen LogP contribution in [-0.4, -0.2) is 53.6 Å². The number of aliphatic hydroxyl groups is 2. The number of pyridine rings is 1. The Labute approximate surface area is 245 Å². The number of carbonyl (C=O) groups excluding carboxylic acids is 1. The van der Waals surface area contributed by atoms with Gasteiger partial charge in [-0.05, 0) is 80.6 Å². The lowest BCUT2D eigenvalue weighted by atomic mass is 9.83. The van der Waals surface area contributed by atoms with Crippen LogP contribution in [0.2, 0.25) is 0 Å². The fraction of sp³-hybridized carbons (Fsp3) is 0.419. The first-order chi connectivity index (χ1) is 20.3. The van der Waals surface area contributed by atoms with E-state index in [-0.39, 0.29) is 58.8 Å². The minimum absolute atomic E-state index is 0.00741. The third-order valence-electron chi connectivity index (χ3n) is 7.93. The number of benzene rings is 2. The molecular weight excluding hydrogens is 572 g/mol. The van der Waals surface area contributed by atoms with Gasteiger partial charge in [-0.25, -0.2) is 9.37 Å². The highest BCUT2D eigenvalue weighted by molar-refractivity contribution is 5.96. The maximum absolute atomic E-state index is 14.7. The Kier molecular flexibility index (Phi) is 8.14. The van der Waals surface area contributed by atoms with Gasteiger partial charge in [-0.3, -0.25) is 4.79 Å². The lowest BCUT2D eigenvalue weighted by Gasteiger charge is -2.31. The van der Waals surface area contributed by atoms with Gasteiger partial charge in [0.2, 0.25) is 5.60 Å². The Hall–Kier alpha value is -3.74. The fourth-order valence-corrected chi connectivity index (χ4v) is 5.27. The molecule has 2 aromatic carbocycles. The van der Waals surface area contributed by atoms with Gasteiger partial charge in [0.25, 0.3) is 0 Å². The molecule has 0 spiro atoms. The number of ketones is 1.